The molecule has 0 aromatic heterocycles. The van der Waals surface area contributed by atoms with Crippen molar-refractivity contribution in [1.82, 2.24) is 0 Å². The van der Waals surface area contributed by atoms with E-state index in [2.05, 4.69) is 5.32 Å². The molecule has 0 fully saturated rings. The van der Waals surface area contributed by atoms with Gasteiger partial charge < -0.3 is 16.2 Å². The average molecular weight is 180 g/mol. The van der Waals surface area contributed by atoms with Crippen LogP contribution in [0.2, 0.25) is 0 Å². The number of aryl methyl sites for hydroxylation is 1. The number of hydrogen-bond donors (Lipinski definition) is 3. The Bertz CT molecular complexity index is 312. The van der Waals surface area contributed by atoms with E-state index in [-0.39, 0.29) is 0 Å². The van der Waals surface area contributed by atoms with Crippen molar-refractivity contribution in [2.45, 2.75) is 13.1 Å². The molecular formula is C9H12N2O2. The maximum absolute atomic E-state index is 10.4. The van der Waals surface area contributed by atoms with Crippen molar-refractivity contribution in [3.63, 3.8) is 0 Å². The molecule has 4 N–H and O–H groups in total. The van der Waals surface area contributed by atoms with Gasteiger partial charge in [0.15, 0.2) is 6.17 Å². The van der Waals surface area contributed by atoms with Crippen LogP contribution >= 0.6 is 0 Å². The summed E-state index contributed by atoms with van der Waals surface area (Å²) < 4.78 is 0. The SMILES string of the molecule is Cc1ccccc1NC(N)C(=O)O. The molecule has 4 heteroatoms. The molecule has 1 atom stereocenters. The zero-order valence-electron chi connectivity index (χ0n) is 7.32. The topological polar surface area (TPSA) is 75.3 Å². The maximum atomic E-state index is 10.4. The van der Waals surface area contributed by atoms with Crippen LogP contribution in [0.5, 0.6) is 0 Å². The number of carboxylic acid groups (broad SMARTS) is 1. The molecule has 0 heterocycles. The van der Waals surface area contributed by atoms with Crippen LogP contribution < -0.4 is 11.1 Å². The molecule has 1 rings (SSSR count). The van der Waals surface area contributed by atoms with Crippen LogP contribution in [0, 0.1) is 6.92 Å². The molecule has 1 aromatic rings. The quantitative estimate of drug-likeness (QED) is 0.601. The Morgan fingerprint density at radius 3 is 2.69 bits per heavy atom. The van der Waals surface area contributed by atoms with Gasteiger partial charge in [0, 0.05) is 5.69 Å². The van der Waals surface area contributed by atoms with E-state index in [0.29, 0.717) is 0 Å². The first-order chi connectivity index (χ1) is 6.11. The van der Waals surface area contributed by atoms with Crippen LogP contribution in [-0.4, -0.2) is 17.2 Å². The van der Waals surface area contributed by atoms with Gasteiger partial charge in [-0.3, -0.25) is 0 Å². The number of hydrogen-bond acceptors (Lipinski definition) is 3. The second-order valence-corrected chi connectivity index (χ2v) is 2.78. The summed E-state index contributed by atoms with van der Waals surface area (Å²) in [4.78, 5) is 10.4. The summed E-state index contributed by atoms with van der Waals surface area (Å²) in [5, 5.41) is 11.2. The van der Waals surface area contributed by atoms with Gasteiger partial charge in [-0.1, -0.05) is 18.2 Å². The van der Waals surface area contributed by atoms with Gasteiger partial charge in [-0.05, 0) is 18.6 Å². The third kappa shape index (κ3) is 2.45. The average Bonchev–Trinajstić information content (AvgIpc) is 2.08. The molecule has 0 radical (unpaired) electrons. The Labute approximate surface area is 76.4 Å². The fourth-order valence-corrected chi connectivity index (χ4v) is 0.964. The van der Waals surface area contributed by atoms with E-state index >= 15 is 0 Å². The van der Waals surface area contributed by atoms with Gasteiger partial charge in [0.05, 0.1) is 0 Å². The smallest absolute Gasteiger partial charge is 0.341 e. The van der Waals surface area contributed by atoms with Crippen LogP contribution in [0.15, 0.2) is 24.3 Å². The molecule has 0 spiro atoms. The highest BCUT2D eigenvalue weighted by Crippen LogP contribution is 2.13. The summed E-state index contributed by atoms with van der Waals surface area (Å²) in [5.74, 6) is -1.07. The van der Waals surface area contributed by atoms with E-state index in [1.807, 2.05) is 25.1 Å². The lowest BCUT2D eigenvalue weighted by Gasteiger charge is -2.12. The van der Waals surface area contributed by atoms with Crippen LogP contribution in [-0.2, 0) is 4.79 Å². The zero-order chi connectivity index (χ0) is 9.84. The van der Waals surface area contributed by atoms with Gasteiger partial charge in [-0.15, -0.1) is 0 Å². The molecule has 0 saturated carbocycles. The summed E-state index contributed by atoms with van der Waals surface area (Å²) in [6.45, 7) is 1.89. The summed E-state index contributed by atoms with van der Waals surface area (Å²) in [6.07, 6.45) is -1.05. The molecule has 70 valence electrons. The Morgan fingerprint density at radius 2 is 2.15 bits per heavy atom. The molecule has 4 nitrogen and oxygen atoms in total. The lowest BCUT2D eigenvalue weighted by atomic mass is 10.2. The van der Waals surface area contributed by atoms with Crippen LogP contribution in [0.4, 0.5) is 5.69 Å². The number of carbonyl (C=O) groups is 1. The number of nitrogens with two attached hydrogens (primary N) is 1. The normalized spacial score (nSPS) is 12.2. The molecular weight excluding hydrogens is 168 g/mol. The van der Waals surface area contributed by atoms with Gasteiger partial charge >= 0.3 is 5.97 Å². The fraction of sp³-hybridized carbons (Fsp3) is 0.222. The van der Waals surface area contributed by atoms with Crippen molar-refractivity contribution in [3.05, 3.63) is 29.8 Å². The van der Waals surface area contributed by atoms with E-state index in [4.69, 9.17) is 10.8 Å². The van der Waals surface area contributed by atoms with Crippen molar-refractivity contribution in [1.29, 1.82) is 0 Å². The summed E-state index contributed by atoms with van der Waals surface area (Å²) in [6, 6.07) is 7.38. The second kappa shape index (κ2) is 3.91. The minimum Gasteiger partial charge on any atom is -0.479 e. The molecule has 1 unspecified atom stereocenters. The van der Waals surface area contributed by atoms with E-state index in [1.165, 1.54) is 0 Å². The highest BCUT2D eigenvalue weighted by atomic mass is 16.4. The van der Waals surface area contributed by atoms with E-state index in [1.54, 1.807) is 6.07 Å². The molecule has 0 aliphatic heterocycles. The molecule has 13 heavy (non-hydrogen) atoms. The Morgan fingerprint density at radius 1 is 1.54 bits per heavy atom. The summed E-state index contributed by atoms with van der Waals surface area (Å²) in [7, 11) is 0. The highest BCUT2D eigenvalue weighted by Gasteiger charge is 2.10. The van der Waals surface area contributed by atoms with Crippen molar-refractivity contribution in [2.75, 3.05) is 5.32 Å². The fourth-order valence-electron chi connectivity index (χ4n) is 0.964. The number of benzene rings is 1. The first kappa shape index (κ1) is 9.54. The van der Waals surface area contributed by atoms with Gasteiger partial charge in [-0.25, -0.2) is 4.79 Å². The van der Waals surface area contributed by atoms with Crippen molar-refractivity contribution in [3.8, 4) is 0 Å². The third-order valence-corrected chi connectivity index (χ3v) is 1.72. The zero-order valence-corrected chi connectivity index (χ0v) is 7.32. The van der Waals surface area contributed by atoms with Gasteiger partial charge in [-0.2, -0.15) is 0 Å². The Kier molecular flexibility index (Phi) is 2.87. The van der Waals surface area contributed by atoms with Crippen molar-refractivity contribution < 1.29 is 9.90 Å². The number of carboxylic acids is 1. The number of aliphatic carboxylic acids is 1. The monoisotopic (exact) mass is 180 g/mol. The van der Waals surface area contributed by atoms with Crippen LogP contribution in [0.25, 0.3) is 0 Å². The van der Waals surface area contributed by atoms with Gasteiger partial charge in [0.25, 0.3) is 0 Å². The number of para-hydroxylation sites is 1. The van der Waals surface area contributed by atoms with Gasteiger partial charge in [0.2, 0.25) is 0 Å². The molecule has 0 bridgehead atoms. The van der Waals surface area contributed by atoms with Crippen molar-refractivity contribution >= 4 is 11.7 Å². The lowest BCUT2D eigenvalue weighted by molar-refractivity contribution is -0.137. The summed E-state index contributed by atoms with van der Waals surface area (Å²) >= 11 is 0. The minimum absolute atomic E-state index is 0.748. The highest BCUT2D eigenvalue weighted by molar-refractivity contribution is 5.76. The third-order valence-electron chi connectivity index (χ3n) is 1.72. The van der Waals surface area contributed by atoms with Crippen LogP contribution in [0.3, 0.4) is 0 Å². The second-order valence-electron chi connectivity index (χ2n) is 2.78. The molecule has 1 aromatic carbocycles. The standard InChI is InChI=1S/C9H12N2O2/c1-6-4-2-3-5-7(6)11-8(10)9(12)13/h2-5,8,11H,10H2,1H3,(H,12,13). The first-order valence-electron chi connectivity index (χ1n) is 3.92. The van der Waals surface area contributed by atoms with Crippen LogP contribution in [0.1, 0.15) is 5.56 Å². The number of rotatable bonds is 3. The first-order valence-corrected chi connectivity index (χ1v) is 3.92. The molecule has 0 saturated heterocycles. The predicted octanol–water partition coefficient (Wildman–Crippen LogP) is 0.776. The lowest BCUT2D eigenvalue weighted by Crippen LogP contribution is -2.38. The molecule has 0 amide bonds. The molecule has 0 aliphatic rings. The van der Waals surface area contributed by atoms with Crippen molar-refractivity contribution in [2.24, 2.45) is 5.73 Å². The van der Waals surface area contributed by atoms with Gasteiger partial charge in [0.1, 0.15) is 0 Å². The van der Waals surface area contributed by atoms with E-state index in [0.717, 1.165) is 11.3 Å². The largest absolute Gasteiger partial charge is 0.479 e. The number of anilines is 1. The number of nitrogens with one attached hydrogen (secondary N) is 1. The summed E-state index contributed by atoms with van der Waals surface area (Å²) in [5.41, 5.74) is 7.03. The Hall–Kier alpha value is -1.55. The maximum Gasteiger partial charge on any atom is 0.341 e. The predicted molar refractivity (Wildman–Crippen MR) is 50.4 cm³/mol. The van der Waals surface area contributed by atoms with E-state index in [9.17, 15) is 4.79 Å². The Balaban J connectivity index is 2.74. The van der Waals surface area contributed by atoms with E-state index < -0.39 is 12.1 Å². The molecule has 0 aliphatic carbocycles. The minimum atomic E-state index is -1.07.